The van der Waals surface area contributed by atoms with Crippen LogP contribution < -0.4 is 0 Å². The van der Waals surface area contributed by atoms with Crippen LogP contribution in [0.1, 0.15) is 43.7 Å². The Hall–Kier alpha value is -3.28. The van der Waals surface area contributed by atoms with Crippen LogP contribution in [-0.2, 0) is 21.4 Å². The molecule has 0 spiro atoms. The molecule has 0 N–H and O–H groups in total. The number of fused-ring (bicyclic) bond motifs is 1. The number of benzene rings is 2. The monoisotopic (exact) mass is 473 g/mol. The molecule has 1 saturated carbocycles. The van der Waals surface area contributed by atoms with E-state index in [1.54, 1.807) is 25.3 Å². The summed E-state index contributed by atoms with van der Waals surface area (Å²) in [7, 11) is 0. The fourth-order valence-corrected chi connectivity index (χ4v) is 6.04. The van der Waals surface area contributed by atoms with Crippen molar-refractivity contribution >= 4 is 22.7 Å². The molecular formula is C29H32FN3O2. The topological polar surface area (TPSA) is 53.5 Å². The van der Waals surface area contributed by atoms with Crippen molar-refractivity contribution in [3.05, 3.63) is 77.7 Å². The van der Waals surface area contributed by atoms with Gasteiger partial charge in [0, 0.05) is 44.7 Å². The van der Waals surface area contributed by atoms with Gasteiger partial charge < -0.3 is 9.80 Å². The quantitative estimate of drug-likeness (QED) is 0.550. The molecule has 1 aliphatic carbocycles. The van der Waals surface area contributed by atoms with Crippen LogP contribution in [0.15, 0.2) is 60.8 Å². The smallest absolute Gasteiger partial charge is 0.233 e. The first-order valence-electron chi connectivity index (χ1n) is 12.6. The fourth-order valence-electron chi connectivity index (χ4n) is 6.04. The zero-order chi connectivity index (χ0) is 24.4. The Balaban J connectivity index is 1.45. The molecule has 1 saturated heterocycles. The van der Waals surface area contributed by atoms with Gasteiger partial charge in [-0.3, -0.25) is 14.6 Å². The minimum absolute atomic E-state index is 0.0398. The molecule has 2 fully saturated rings. The highest BCUT2D eigenvalue weighted by Gasteiger charge is 2.45. The van der Waals surface area contributed by atoms with Crippen molar-refractivity contribution in [3.63, 3.8) is 0 Å². The van der Waals surface area contributed by atoms with Crippen molar-refractivity contribution in [2.45, 2.75) is 44.4 Å². The summed E-state index contributed by atoms with van der Waals surface area (Å²) in [6.07, 6.45) is 6.10. The standard InChI is InChI=1S/C29H32FN3O2/c1-21(34)32-16-17-33(28(35)29(13-2-3-14-29)24-9-11-25(30)12-10-24)20-22(19-32)18-23-6-4-8-27-26(23)7-5-15-31-27/h4-12,15,22H,2-3,13-14,16-20H2,1H3/t22-/m1/s1. The summed E-state index contributed by atoms with van der Waals surface area (Å²) in [6.45, 7) is 3.89. The molecule has 182 valence electrons. The summed E-state index contributed by atoms with van der Waals surface area (Å²) in [4.78, 5) is 34.9. The van der Waals surface area contributed by atoms with Gasteiger partial charge in [0.25, 0.3) is 0 Å². The number of aromatic nitrogens is 1. The van der Waals surface area contributed by atoms with Crippen molar-refractivity contribution in [3.8, 4) is 0 Å². The Bertz CT molecular complexity index is 1210. The molecule has 2 heterocycles. The third-order valence-corrected chi connectivity index (χ3v) is 7.84. The number of hydrogen-bond acceptors (Lipinski definition) is 3. The molecule has 2 aliphatic rings. The second-order valence-electron chi connectivity index (χ2n) is 10.1. The van der Waals surface area contributed by atoms with Crippen LogP contribution in [0, 0.1) is 11.7 Å². The van der Waals surface area contributed by atoms with Gasteiger partial charge in [0.2, 0.25) is 11.8 Å². The highest BCUT2D eigenvalue weighted by Crippen LogP contribution is 2.43. The predicted octanol–water partition coefficient (Wildman–Crippen LogP) is 4.74. The average Bonchev–Trinajstić information content (AvgIpc) is 3.27. The van der Waals surface area contributed by atoms with Crippen LogP contribution >= 0.6 is 0 Å². The van der Waals surface area contributed by atoms with Crippen LogP contribution in [0.2, 0.25) is 0 Å². The number of halogens is 1. The lowest BCUT2D eigenvalue weighted by Crippen LogP contribution is -2.48. The van der Waals surface area contributed by atoms with Gasteiger partial charge in [0.05, 0.1) is 10.9 Å². The molecule has 1 atom stereocenters. The minimum Gasteiger partial charge on any atom is -0.341 e. The Morgan fingerprint density at radius 1 is 0.971 bits per heavy atom. The van der Waals surface area contributed by atoms with Gasteiger partial charge in [-0.05, 0) is 60.6 Å². The first kappa shape index (κ1) is 23.5. The van der Waals surface area contributed by atoms with Gasteiger partial charge in [0.1, 0.15) is 5.82 Å². The number of hydrogen-bond donors (Lipinski definition) is 0. The molecule has 1 aromatic heterocycles. The highest BCUT2D eigenvalue weighted by molar-refractivity contribution is 5.89. The molecule has 0 radical (unpaired) electrons. The van der Waals surface area contributed by atoms with Crippen LogP contribution in [-0.4, -0.2) is 52.8 Å². The number of rotatable bonds is 4. The first-order valence-corrected chi connectivity index (χ1v) is 12.6. The molecular weight excluding hydrogens is 441 g/mol. The summed E-state index contributed by atoms with van der Waals surface area (Å²) >= 11 is 0. The fraction of sp³-hybridized carbons (Fsp3) is 0.414. The molecule has 2 aromatic carbocycles. The molecule has 0 bridgehead atoms. The van der Waals surface area contributed by atoms with Gasteiger partial charge in [-0.25, -0.2) is 4.39 Å². The second kappa shape index (κ2) is 9.76. The van der Waals surface area contributed by atoms with E-state index in [1.807, 2.05) is 28.0 Å². The van der Waals surface area contributed by atoms with Gasteiger partial charge in [-0.15, -0.1) is 0 Å². The second-order valence-corrected chi connectivity index (χ2v) is 10.1. The van der Waals surface area contributed by atoms with E-state index in [4.69, 9.17) is 0 Å². The summed E-state index contributed by atoms with van der Waals surface area (Å²) < 4.78 is 13.7. The van der Waals surface area contributed by atoms with Crippen molar-refractivity contribution in [1.82, 2.24) is 14.8 Å². The molecule has 5 rings (SSSR count). The molecule has 1 aliphatic heterocycles. The number of pyridine rings is 1. The maximum atomic E-state index is 14.2. The number of amides is 2. The summed E-state index contributed by atoms with van der Waals surface area (Å²) in [6, 6.07) is 16.7. The molecule has 6 heteroatoms. The normalized spacial score (nSPS) is 20.1. The van der Waals surface area contributed by atoms with E-state index in [1.165, 1.54) is 17.7 Å². The highest BCUT2D eigenvalue weighted by atomic mass is 19.1. The molecule has 5 nitrogen and oxygen atoms in total. The maximum Gasteiger partial charge on any atom is 0.233 e. The Morgan fingerprint density at radius 2 is 1.69 bits per heavy atom. The Labute approximate surface area is 205 Å². The van der Waals surface area contributed by atoms with E-state index in [0.29, 0.717) is 26.2 Å². The number of nitrogens with zero attached hydrogens (tertiary/aromatic N) is 3. The van der Waals surface area contributed by atoms with E-state index in [-0.39, 0.29) is 23.5 Å². The average molecular weight is 474 g/mol. The van der Waals surface area contributed by atoms with Gasteiger partial charge in [0.15, 0.2) is 0 Å². The summed E-state index contributed by atoms with van der Waals surface area (Å²) in [5.41, 5.74) is 2.45. The largest absolute Gasteiger partial charge is 0.341 e. The van der Waals surface area contributed by atoms with E-state index in [0.717, 1.165) is 48.6 Å². The van der Waals surface area contributed by atoms with E-state index in [2.05, 4.69) is 17.1 Å². The predicted molar refractivity (Wildman–Crippen MR) is 134 cm³/mol. The van der Waals surface area contributed by atoms with E-state index >= 15 is 0 Å². The Morgan fingerprint density at radius 3 is 2.43 bits per heavy atom. The number of carbonyl (C=O) groups is 2. The Kier molecular flexibility index (Phi) is 6.54. The van der Waals surface area contributed by atoms with Gasteiger partial charge in [-0.1, -0.05) is 43.2 Å². The van der Waals surface area contributed by atoms with Crippen LogP contribution in [0.5, 0.6) is 0 Å². The van der Waals surface area contributed by atoms with Gasteiger partial charge in [-0.2, -0.15) is 0 Å². The third-order valence-electron chi connectivity index (χ3n) is 7.84. The van der Waals surface area contributed by atoms with Gasteiger partial charge >= 0.3 is 0 Å². The SMILES string of the molecule is CC(=O)N1CCN(C(=O)C2(c3ccc(F)cc3)CCCC2)C[C@H](Cc2cccc3ncccc23)C1. The van der Waals surface area contributed by atoms with Crippen molar-refractivity contribution in [1.29, 1.82) is 0 Å². The lowest BCUT2D eigenvalue weighted by atomic mass is 9.77. The maximum absolute atomic E-state index is 14.2. The van der Waals surface area contributed by atoms with E-state index < -0.39 is 5.41 Å². The van der Waals surface area contributed by atoms with Crippen molar-refractivity contribution in [2.24, 2.45) is 5.92 Å². The minimum atomic E-state index is -0.604. The first-order chi connectivity index (χ1) is 17.0. The van der Waals surface area contributed by atoms with Crippen molar-refractivity contribution < 1.29 is 14.0 Å². The van der Waals surface area contributed by atoms with Crippen LogP contribution in [0.3, 0.4) is 0 Å². The molecule has 3 aromatic rings. The molecule has 2 amide bonds. The zero-order valence-corrected chi connectivity index (χ0v) is 20.3. The number of carbonyl (C=O) groups excluding carboxylic acids is 2. The van der Waals surface area contributed by atoms with Crippen molar-refractivity contribution in [2.75, 3.05) is 26.2 Å². The summed E-state index contributed by atoms with van der Waals surface area (Å²) in [5, 5.41) is 1.12. The van der Waals surface area contributed by atoms with E-state index in [9.17, 15) is 14.0 Å². The summed E-state index contributed by atoms with van der Waals surface area (Å²) in [5.74, 6) is -0.0108. The lowest BCUT2D eigenvalue weighted by Gasteiger charge is -2.35. The lowest BCUT2D eigenvalue weighted by molar-refractivity contribution is -0.138. The zero-order valence-electron chi connectivity index (χ0n) is 20.3. The molecule has 35 heavy (non-hydrogen) atoms. The van der Waals surface area contributed by atoms with Crippen LogP contribution in [0.4, 0.5) is 4.39 Å². The third kappa shape index (κ3) is 4.66. The van der Waals surface area contributed by atoms with Crippen LogP contribution in [0.25, 0.3) is 10.9 Å². The molecule has 0 unspecified atom stereocenters.